The Bertz CT molecular complexity index is 838. The molecule has 8 nitrogen and oxygen atoms in total. The van der Waals surface area contributed by atoms with Crippen LogP contribution in [0.5, 0.6) is 0 Å². The van der Waals surface area contributed by atoms with Gasteiger partial charge in [0.2, 0.25) is 5.91 Å². The average Bonchev–Trinajstić information content (AvgIpc) is 3.02. The predicted molar refractivity (Wildman–Crippen MR) is 103 cm³/mol. The van der Waals surface area contributed by atoms with Crippen LogP contribution in [0.4, 0.5) is 5.69 Å². The van der Waals surface area contributed by atoms with E-state index in [4.69, 9.17) is 0 Å². The molecule has 1 fully saturated rings. The van der Waals surface area contributed by atoms with Crippen molar-refractivity contribution in [1.29, 1.82) is 0 Å². The summed E-state index contributed by atoms with van der Waals surface area (Å²) in [5, 5.41) is 22.9. The van der Waals surface area contributed by atoms with Gasteiger partial charge in [0.05, 0.1) is 10.7 Å². The van der Waals surface area contributed by atoms with Gasteiger partial charge in [-0.25, -0.2) is 0 Å². The summed E-state index contributed by atoms with van der Waals surface area (Å²) >= 11 is 1.31. The number of nitro benzene ring substituents is 1. The van der Waals surface area contributed by atoms with Gasteiger partial charge in [0.15, 0.2) is 11.0 Å². The summed E-state index contributed by atoms with van der Waals surface area (Å²) in [6.07, 6.45) is 4.60. The van der Waals surface area contributed by atoms with E-state index in [1.54, 1.807) is 23.7 Å². The monoisotopic (exact) mass is 389 g/mol. The number of carbonyl (C=O) groups excluding carboxylic acids is 1. The Kier molecular flexibility index (Phi) is 6.10. The first-order chi connectivity index (χ1) is 13.0. The van der Waals surface area contributed by atoms with Crippen LogP contribution in [0.15, 0.2) is 29.4 Å². The highest BCUT2D eigenvalue weighted by Gasteiger charge is 2.23. The van der Waals surface area contributed by atoms with Gasteiger partial charge >= 0.3 is 0 Å². The maximum atomic E-state index is 12.3. The average molecular weight is 389 g/mol. The molecule has 1 saturated carbocycles. The first kappa shape index (κ1) is 19.3. The van der Waals surface area contributed by atoms with Crippen molar-refractivity contribution in [3.05, 3.63) is 34.4 Å². The maximum Gasteiger partial charge on any atom is 0.270 e. The molecule has 1 aromatic heterocycles. The lowest BCUT2D eigenvalue weighted by Crippen LogP contribution is -2.41. The molecule has 0 radical (unpaired) electrons. The third kappa shape index (κ3) is 4.65. The molecule has 144 valence electrons. The van der Waals surface area contributed by atoms with Crippen LogP contribution in [0.3, 0.4) is 0 Å². The molecule has 27 heavy (non-hydrogen) atoms. The van der Waals surface area contributed by atoms with E-state index in [1.165, 1.54) is 30.3 Å². The largest absolute Gasteiger partial charge is 0.352 e. The molecule has 2 atom stereocenters. The number of nitrogens with zero attached hydrogens (tertiary/aromatic N) is 4. The van der Waals surface area contributed by atoms with E-state index in [0.717, 1.165) is 19.3 Å². The fourth-order valence-corrected chi connectivity index (χ4v) is 4.08. The van der Waals surface area contributed by atoms with E-state index in [1.807, 2.05) is 0 Å². The molecular formula is C18H23N5O3S. The molecule has 0 aliphatic heterocycles. The lowest BCUT2D eigenvalue weighted by molar-refractivity contribution is -0.384. The van der Waals surface area contributed by atoms with Crippen LogP contribution in [-0.4, -0.2) is 37.4 Å². The topological polar surface area (TPSA) is 103 Å². The summed E-state index contributed by atoms with van der Waals surface area (Å²) in [5.74, 6) is 1.31. The molecule has 9 heteroatoms. The third-order valence-electron chi connectivity index (χ3n) is 4.94. The van der Waals surface area contributed by atoms with Gasteiger partial charge in [-0.2, -0.15) is 0 Å². The van der Waals surface area contributed by atoms with Crippen LogP contribution in [0.2, 0.25) is 0 Å². The van der Waals surface area contributed by atoms with Crippen molar-refractivity contribution in [3.8, 4) is 11.4 Å². The van der Waals surface area contributed by atoms with Crippen molar-refractivity contribution in [2.45, 2.75) is 43.8 Å². The number of amides is 1. The first-order valence-electron chi connectivity index (χ1n) is 9.02. The van der Waals surface area contributed by atoms with E-state index in [0.29, 0.717) is 22.5 Å². The Labute approximate surface area is 161 Å². The summed E-state index contributed by atoms with van der Waals surface area (Å²) < 4.78 is 1.75. The summed E-state index contributed by atoms with van der Waals surface area (Å²) in [6, 6.07) is 6.53. The van der Waals surface area contributed by atoms with Gasteiger partial charge < -0.3 is 9.88 Å². The number of hydrogen-bond acceptors (Lipinski definition) is 6. The van der Waals surface area contributed by atoms with Crippen LogP contribution in [0, 0.1) is 16.0 Å². The highest BCUT2D eigenvalue weighted by Crippen LogP contribution is 2.26. The number of non-ortho nitro benzene ring substituents is 1. The quantitative estimate of drug-likeness (QED) is 0.462. The van der Waals surface area contributed by atoms with Crippen LogP contribution in [0.25, 0.3) is 11.4 Å². The van der Waals surface area contributed by atoms with Gasteiger partial charge in [-0.1, -0.05) is 43.7 Å². The fraction of sp³-hybridized carbons (Fsp3) is 0.500. The second kappa shape index (κ2) is 8.51. The number of thioether (sulfide) groups is 1. The van der Waals surface area contributed by atoms with Gasteiger partial charge in [0.25, 0.3) is 5.69 Å². The van der Waals surface area contributed by atoms with Crippen LogP contribution in [-0.2, 0) is 11.8 Å². The van der Waals surface area contributed by atoms with Gasteiger partial charge in [0.1, 0.15) is 0 Å². The molecule has 1 N–H and O–H groups in total. The number of hydrogen-bond donors (Lipinski definition) is 1. The number of rotatable bonds is 6. The summed E-state index contributed by atoms with van der Waals surface area (Å²) in [5.41, 5.74) is 0.622. The Morgan fingerprint density at radius 2 is 2.15 bits per heavy atom. The number of carbonyl (C=O) groups is 1. The zero-order chi connectivity index (χ0) is 19.4. The number of benzene rings is 1. The first-order valence-corrected chi connectivity index (χ1v) is 10.0. The minimum absolute atomic E-state index is 0.00125. The molecule has 1 aliphatic rings. The van der Waals surface area contributed by atoms with Gasteiger partial charge in [0, 0.05) is 30.8 Å². The van der Waals surface area contributed by atoms with Crippen molar-refractivity contribution < 1.29 is 9.72 Å². The number of aromatic nitrogens is 3. The van der Waals surface area contributed by atoms with E-state index in [2.05, 4.69) is 22.4 Å². The van der Waals surface area contributed by atoms with Crippen LogP contribution < -0.4 is 5.32 Å². The second-order valence-corrected chi connectivity index (χ2v) is 7.84. The summed E-state index contributed by atoms with van der Waals surface area (Å²) in [4.78, 5) is 22.8. The van der Waals surface area contributed by atoms with E-state index in [-0.39, 0.29) is 23.4 Å². The maximum absolute atomic E-state index is 12.3. The lowest BCUT2D eigenvalue weighted by Gasteiger charge is -2.29. The van der Waals surface area contributed by atoms with Crippen molar-refractivity contribution in [3.63, 3.8) is 0 Å². The van der Waals surface area contributed by atoms with E-state index >= 15 is 0 Å². The molecule has 1 heterocycles. The zero-order valence-corrected chi connectivity index (χ0v) is 16.2. The Morgan fingerprint density at radius 3 is 2.89 bits per heavy atom. The van der Waals surface area contributed by atoms with E-state index in [9.17, 15) is 14.9 Å². The van der Waals surface area contributed by atoms with E-state index < -0.39 is 4.92 Å². The van der Waals surface area contributed by atoms with Crippen LogP contribution in [0.1, 0.15) is 32.6 Å². The minimum atomic E-state index is -0.438. The van der Waals surface area contributed by atoms with Gasteiger partial charge in [-0.15, -0.1) is 10.2 Å². The molecule has 2 aromatic rings. The SMILES string of the molecule is C[C@H]1CCCC[C@@H]1NC(=O)CSc1nnc(-c2cccc([N+](=O)[O-])c2)n1C. The normalized spacial score (nSPS) is 19.6. The Morgan fingerprint density at radius 1 is 1.37 bits per heavy atom. The highest BCUT2D eigenvalue weighted by molar-refractivity contribution is 7.99. The number of nitro groups is 1. The Hall–Kier alpha value is -2.42. The van der Waals surface area contributed by atoms with Crippen molar-refractivity contribution >= 4 is 23.4 Å². The van der Waals surface area contributed by atoms with Crippen molar-refractivity contribution in [1.82, 2.24) is 20.1 Å². The fourth-order valence-electron chi connectivity index (χ4n) is 3.36. The second-order valence-electron chi connectivity index (χ2n) is 6.90. The third-order valence-corrected chi connectivity index (χ3v) is 5.96. The molecule has 1 aliphatic carbocycles. The molecule has 1 aromatic carbocycles. The Balaban J connectivity index is 1.63. The molecule has 1 amide bonds. The molecule has 0 bridgehead atoms. The van der Waals surface area contributed by atoms with Crippen molar-refractivity contribution in [2.24, 2.45) is 13.0 Å². The minimum Gasteiger partial charge on any atom is -0.352 e. The van der Waals surface area contributed by atoms with Gasteiger partial charge in [-0.05, 0) is 18.8 Å². The van der Waals surface area contributed by atoms with Crippen LogP contribution >= 0.6 is 11.8 Å². The predicted octanol–water partition coefficient (Wildman–Crippen LogP) is 3.18. The number of nitrogens with one attached hydrogen (secondary N) is 1. The molecule has 0 spiro atoms. The summed E-state index contributed by atoms with van der Waals surface area (Å²) in [7, 11) is 1.79. The summed E-state index contributed by atoms with van der Waals surface area (Å²) in [6.45, 7) is 2.19. The molecule has 3 rings (SSSR count). The smallest absolute Gasteiger partial charge is 0.270 e. The molecule has 0 saturated heterocycles. The lowest BCUT2D eigenvalue weighted by atomic mass is 9.86. The van der Waals surface area contributed by atoms with Gasteiger partial charge in [-0.3, -0.25) is 14.9 Å². The zero-order valence-electron chi connectivity index (χ0n) is 15.4. The molecular weight excluding hydrogens is 366 g/mol. The molecule has 0 unspecified atom stereocenters. The standard InChI is InChI=1S/C18H23N5O3S/c1-12-6-3-4-9-15(12)19-16(24)11-27-18-21-20-17(22(18)2)13-7-5-8-14(10-13)23(25)26/h5,7-8,10,12,15H,3-4,6,9,11H2,1-2H3,(H,19,24)/t12-,15-/m0/s1. The highest BCUT2D eigenvalue weighted by atomic mass is 32.2. The van der Waals surface area contributed by atoms with Crippen molar-refractivity contribution in [2.75, 3.05) is 5.75 Å².